The minimum absolute atomic E-state index is 0.351. The summed E-state index contributed by atoms with van der Waals surface area (Å²) in [4.78, 5) is 29.1. The summed E-state index contributed by atoms with van der Waals surface area (Å²) in [5, 5.41) is 0. The molecule has 1 aliphatic rings. The summed E-state index contributed by atoms with van der Waals surface area (Å²) in [5.74, 6) is 0.520. The van der Waals surface area contributed by atoms with Crippen molar-refractivity contribution in [2.75, 3.05) is 31.2 Å². The number of hydrogen-bond acceptors (Lipinski definition) is 4. The van der Waals surface area contributed by atoms with Crippen molar-refractivity contribution in [3.05, 3.63) is 25.3 Å². The molecule has 0 spiro atoms. The van der Waals surface area contributed by atoms with E-state index >= 15 is 0 Å². The molecule has 2 rings (SSSR count). The van der Waals surface area contributed by atoms with Crippen LogP contribution in [-0.2, 0) is 4.74 Å². The van der Waals surface area contributed by atoms with Crippen LogP contribution in [0.25, 0.3) is 0 Å². The van der Waals surface area contributed by atoms with Gasteiger partial charge in [0.1, 0.15) is 10.3 Å². The van der Waals surface area contributed by atoms with E-state index in [2.05, 4.69) is 25.9 Å². The van der Waals surface area contributed by atoms with Crippen LogP contribution in [0.4, 0.5) is 5.82 Å². The third-order valence-electron chi connectivity index (χ3n) is 2.19. The van der Waals surface area contributed by atoms with E-state index in [1.165, 1.54) is 0 Å². The lowest BCUT2D eigenvalue weighted by Crippen LogP contribution is -2.39. The summed E-state index contributed by atoms with van der Waals surface area (Å²) in [6, 6.07) is 0. The van der Waals surface area contributed by atoms with E-state index in [9.17, 15) is 9.59 Å². The Hall–Kier alpha value is -1.08. The second-order valence-electron chi connectivity index (χ2n) is 3.17. The summed E-state index contributed by atoms with van der Waals surface area (Å²) in [5.41, 5.74) is -0.912. The molecule has 82 valence electrons. The van der Waals surface area contributed by atoms with E-state index in [1.54, 1.807) is 0 Å². The molecule has 1 aliphatic heterocycles. The van der Waals surface area contributed by atoms with Crippen LogP contribution in [0.2, 0.25) is 0 Å². The molecule has 0 saturated carbocycles. The monoisotopic (exact) mass is 275 g/mol. The minimum Gasteiger partial charge on any atom is -0.378 e. The van der Waals surface area contributed by atoms with Crippen molar-refractivity contribution in [1.29, 1.82) is 0 Å². The lowest BCUT2D eigenvalue weighted by Gasteiger charge is -2.28. The van der Waals surface area contributed by atoms with E-state index < -0.39 is 11.2 Å². The Labute approximate surface area is 93.4 Å². The molecule has 6 nitrogen and oxygen atoms in total. The van der Waals surface area contributed by atoms with Crippen molar-refractivity contribution in [2.45, 2.75) is 0 Å². The molecular formula is C8H10BrN3O3. The number of ether oxygens (including phenoxy) is 1. The van der Waals surface area contributed by atoms with Gasteiger partial charge in [-0.2, -0.15) is 0 Å². The highest BCUT2D eigenvalue weighted by molar-refractivity contribution is 9.10. The van der Waals surface area contributed by atoms with Crippen LogP contribution >= 0.6 is 15.9 Å². The first-order valence-electron chi connectivity index (χ1n) is 4.53. The fourth-order valence-electron chi connectivity index (χ4n) is 1.46. The van der Waals surface area contributed by atoms with Gasteiger partial charge in [-0.25, -0.2) is 4.79 Å². The third kappa shape index (κ3) is 2.13. The van der Waals surface area contributed by atoms with Gasteiger partial charge in [-0.3, -0.25) is 14.8 Å². The highest BCUT2D eigenvalue weighted by Gasteiger charge is 2.16. The largest absolute Gasteiger partial charge is 0.378 e. The lowest BCUT2D eigenvalue weighted by atomic mass is 10.4. The maximum atomic E-state index is 11.3. The van der Waals surface area contributed by atoms with Crippen molar-refractivity contribution in [3.63, 3.8) is 0 Å². The molecule has 0 unspecified atom stereocenters. The fourth-order valence-corrected chi connectivity index (χ4v) is 1.91. The smallest absolute Gasteiger partial charge is 0.327 e. The topological polar surface area (TPSA) is 78.2 Å². The number of aromatic amines is 2. The summed E-state index contributed by atoms with van der Waals surface area (Å²) in [7, 11) is 0. The summed E-state index contributed by atoms with van der Waals surface area (Å²) in [6.45, 7) is 2.53. The van der Waals surface area contributed by atoms with Crippen LogP contribution in [0.15, 0.2) is 14.1 Å². The molecule has 0 aromatic carbocycles. The average molecular weight is 276 g/mol. The Morgan fingerprint density at radius 1 is 1.20 bits per heavy atom. The van der Waals surface area contributed by atoms with Crippen LogP contribution in [-0.4, -0.2) is 36.3 Å². The number of nitrogens with zero attached hydrogens (tertiary/aromatic N) is 1. The van der Waals surface area contributed by atoms with Crippen LogP contribution in [0, 0.1) is 0 Å². The van der Waals surface area contributed by atoms with Gasteiger partial charge in [0.15, 0.2) is 0 Å². The van der Waals surface area contributed by atoms with Crippen LogP contribution in [0.5, 0.6) is 0 Å². The van der Waals surface area contributed by atoms with Crippen LogP contribution in [0.1, 0.15) is 0 Å². The van der Waals surface area contributed by atoms with E-state index in [0.29, 0.717) is 36.6 Å². The van der Waals surface area contributed by atoms with Crippen molar-refractivity contribution in [1.82, 2.24) is 9.97 Å². The Bertz CT molecular complexity index is 461. The summed E-state index contributed by atoms with van der Waals surface area (Å²) < 4.78 is 5.54. The number of morpholine rings is 1. The van der Waals surface area contributed by atoms with Gasteiger partial charge < -0.3 is 9.64 Å². The first kappa shape index (κ1) is 10.4. The standard InChI is InChI=1S/C8H10BrN3O3/c9-5-6(10-8(14)11-7(5)13)12-1-3-15-4-2-12/h1-4H2,(H2,10,11,13,14). The van der Waals surface area contributed by atoms with E-state index in [4.69, 9.17) is 4.74 Å². The molecule has 1 fully saturated rings. The number of anilines is 1. The second kappa shape index (κ2) is 4.19. The number of rotatable bonds is 1. The van der Waals surface area contributed by atoms with Gasteiger partial charge in [-0.15, -0.1) is 0 Å². The molecule has 7 heteroatoms. The van der Waals surface area contributed by atoms with E-state index in [0.717, 1.165) is 0 Å². The summed E-state index contributed by atoms with van der Waals surface area (Å²) in [6.07, 6.45) is 0. The Kier molecular flexibility index (Phi) is 2.92. The number of aromatic nitrogens is 2. The normalized spacial score (nSPS) is 16.7. The van der Waals surface area contributed by atoms with Crippen molar-refractivity contribution in [3.8, 4) is 0 Å². The van der Waals surface area contributed by atoms with Crippen molar-refractivity contribution < 1.29 is 4.74 Å². The Morgan fingerprint density at radius 3 is 2.53 bits per heavy atom. The maximum Gasteiger partial charge on any atom is 0.327 e. The van der Waals surface area contributed by atoms with Gasteiger partial charge in [0.05, 0.1) is 13.2 Å². The molecule has 2 N–H and O–H groups in total. The number of nitrogens with one attached hydrogen (secondary N) is 2. The van der Waals surface area contributed by atoms with Gasteiger partial charge >= 0.3 is 5.69 Å². The molecule has 0 amide bonds. The van der Waals surface area contributed by atoms with Gasteiger partial charge in [-0.1, -0.05) is 0 Å². The first-order chi connectivity index (χ1) is 7.18. The molecule has 0 atom stereocenters. The molecule has 0 radical (unpaired) electrons. The Morgan fingerprint density at radius 2 is 1.87 bits per heavy atom. The third-order valence-corrected chi connectivity index (χ3v) is 2.93. The molecule has 2 heterocycles. The molecule has 1 aromatic rings. The van der Waals surface area contributed by atoms with Crippen molar-refractivity contribution >= 4 is 21.7 Å². The number of H-pyrrole nitrogens is 2. The zero-order chi connectivity index (χ0) is 10.8. The number of hydrogen-bond donors (Lipinski definition) is 2. The molecule has 0 bridgehead atoms. The zero-order valence-corrected chi connectivity index (χ0v) is 9.46. The fraction of sp³-hybridized carbons (Fsp3) is 0.500. The minimum atomic E-state index is -0.496. The highest BCUT2D eigenvalue weighted by Crippen LogP contribution is 2.18. The second-order valence-corrected chi connectivity index (χ2v) is 3.96. The van der Waals surface area contributed by atoms with E-state index in [1.807, 2.05) is 4.90 Å². The Balaban J connectivity index is 2.42. The molecule has 1 saturated heterocycles. The predicted molar refractivity (Wildman–Crippen MR) is 58.4 cm³/mol. The number of halogens is 1. The van der Waals surface area contributed by atoms with E-state index in [-0.39, 0.29) is 0 Å². The van der Waals surface area contributed by atoms with Crippen LogP contribution < -0.4 is 16.1 Å². The van der Waals surface area contributed by atoms with Crippen molar-refractivity contribution in [2.24, 2.45) is 0 Å². The van der Waals surface area contributed by atoms with Gasteiger partial charge in [0, 0.05) is 13.1 Å². The van der Waals surface area contributed by atoms with Gasteiger partial charge in [0.25, 0.3) is 5.56 Å². The first-order valence-corrected chi connectivity index (χ1v) is 5.32. The predicted octanol–water partition coefficient (Wildman–Crippen LogP) is -0.338. The molecular weight excluding hydrogens is 266 g/mol. The van der Waals surface area contributed by atoms with Gasteiger partial charge in [-0.05, 0) is 15.9 Å². The maximum absolute atomic E-state index is 11.3. The molecule has 0 aliphatic carbocycles. The average Bonchev–Trinajstić information content (AvgIpc) is 2.24. The molecule has 1 aromatic heterocycles. The van der Waals surface area contributed by atoms with Gasteiger partial charge in [0.2, 0.25) is 0 Å². The lowest BCUT2D eigenvalue weighted by molar-refractivity contribution is 0.122. The zero-order valence-electron chi connectivity index (χ0n) is 7.88. The SMILES string of the molecule is O=c1[nH]c(N2CCOCC2)c(Br)c(=O)[nH]1. The van der Waals surface area contributed by atoms with Crippen LogP contribution in [0.3, 0.4) is 0 Å². The molecule has 15 heavy (non-hydrogen) atoms. The quantitative estimate of drug-likeness (QED) is 0.735. The highest BCUT2D eigenvalue weighted by atomic mass is 79.9. The summed E-state index contributed by atoms with van der Waals surface area (Å²) >= 11 is 3.15.